The molecule has 0 aliphatic heterocycles. The van der Waals surface area contributed by atoms with Crippen LogP contribution < -0.4 is 5.32 Å². The van der Waals surface area contributed by atoms with E-state index in [1.54, 1.807) is 18.2 Å². The predicted molar refractivity (Wildman–Crippen MR) is 95.8 cm³/mol. The van der Waals surface area contributed by atoms with E-state index in [1.807, 2.05) is 36.4 Å². The number of hydrogen-bond donors (Lipinski definition) is 1. The van der Waals surface area contributed by atoms with Crippen LogP contribution >= 0.6 is 0 Å². The number of benzene rings is 3. The van der Waals surface area contributed by atoms with Gasteiger partial charge in [-0.15, -0.1) is 0 Å². The van der Waals surface area contributed by atoms with Crippen LogP contribution in [-0.2, 0) is 11.3 Å². The van der Waals surface area contributed by atoms with E-state index in [0.717, 1.165) is 16.3 Å². The van der Waals surface area contributed by atoms with Crippen LogP contribution in [0.4, 0.5) is 4.39 Å². The fraction of sp³-hybridized carbons (Fsp3) is 0.143. The second-order valence-electron chi connectivity index (χ2n) is 5.89. The minimum absolute atomic E-state index is 0.0531. The van der Waals surface area contributed by atoms with Crippen LogP contribution in [-0.4, -0.2) is 11.7 Å². The lowest BCUT2D eigenvalue weighted by atomic mass is 10.0. The Morgan fingerprint density at radius 3 is 2.32 bits per heavy atom. The van der Waals surface area contributed by atoms with E-state index in [9.17, 15) is 14.0 Å². The van der Waals surface area contributed by atoms with Crippen molar-refractivity contribution in [2.24, 2.45) is 0 Å². The molecule has 3 rings (SSSR count). The molecule has 0 aromatic heterocycles. The van der Waals surface area contributed by atoms with Gasteiger partial charge in [0.15, 0.2) is 5.78 Å². The molecular weight excluding hydrogens is 317 g/mol. The second kappa shape index (κ2) is 7.71. The van der Waals surface area contributed by atoms with Crippen molar-refractivity contribution in [1.82, 2.24) is 5.32 Å². The number of nitrogens with one attached hydrogen (secondary N) is 1. The minimum Gasteiger partial charge on any atom is -0.352 e. The first-order valence-electron chi connectivity index (χ1n) is 8.15. The van der Waals surface area contributed by atoms with Crippen LogP contribution in [0.5, 0.6) is 0 Å². The van der Waals surface area contributed by atoms with E-state index in [4.69, 9.17) is 0 Å². The van der Waals surface area contributed by atoms with Crippen LogP contribution in [0.15, 0.2) is 66.7 Å². The van der Waals surface area contributed by atoms with E-state index in [0.29, 0.717) is 12.1 Å². The average Bonchev–Trinajstić information content (AvgIpc) is 2.65. The molecule has 0 bridgehead atoms. The second-order valence-corrected chi connectivity index (χ2v) is 5.89. The molecule has 0 fully saturated rings. The summed E-state index contributed by atoms with van der Waals surface area (Å²) in [5, 5.41) is 4.83. The standard InChI is InChI=1S/C21H18FNO2/c22-19-9-5-15(6-10-19)14-23-21(25)12-11-20(24)18-8-7-16-3-1-2-4-17(16)13-18/h1-10,13H,11-12,14H2,(H,23,25). The minimum atomic E-state index is -0.309. The van der Waals surface area contributed by atoms with Crippen LogP contribution in [0.1, 0.15) is 28.8 Å². The van der Waals surface area contributed by atoms with Gasteiger partial charge >= 0.3 is 0 Å². The lowest BCUT2D eigenvalue weighted by Gasteiger charge is -2.06. The maximum absolute atomic E-state index is 12.8. The highest BCUT2D eigenvalue weighted by atomic mass is 19.1. The van der Waals surface area contributed by atoms with E-state index >= 15 is 0 Å². The molecule has 126 valence electrons. The van der Waals surface area contributed by atoms with Gasteiger partial charge in [0.1, 0.15) is 5.82 Å². The molecule has 0 unspecified atom stereocenters. The maximum atomic E-state index is 12.8. The lowest BCUT2D eigenvalue weighted by Crippen LogP contribution is -2.23. The molecule has 3 nitrogen and oxygen atoms in total. The van der Waals surface area contributed by atoms with Crippen LogP contribution in [0.2, 0.25) is 0 Å². The van der Waals surface area contributed by atoms with Crippen molar-refractivity contribution < 1.29 is 14.0 Å². The molecule has 3 aromatic carbocycles. The molecule has 3 aromatic rings. The van der Waals surface area contributed by atoms with Crippen LogP contribution in [0.25, 0.3) is 10.8 Å². The molecule has 0 heterocycles. The molecular formula is C21H18FNO2. The van der Waals surface area contributed by atoms with E-state index in [1.165, 1.54) is 12.1 Å². The summed E-state index contributed by atoms with van der Waals surface area (Å²) in [4.78, 5) is 24.2. The number of amides is 1. The summed E-state index contributed by atoms with van der Waals surface area (Å²) in [6.45, 7) is 0.323. The van der Waals surface area contributed by atoms with Gasteiger partial charge in [-0.05, 0) is 34.5 Å². The van der Waals surface area contributed by atoms with Crippen molar-refractivity contribution in [3.63, 3.8) is 0 Å². The fourth-order valence-corrected chi connectivity index (χ4v) is 2.63. The summed E-state index contributed by atoms with van der Waals surface area (Å²) in [6.07, 6.45) is 0.292. The van der Waals surface area contributed by atoms with Gasteiger partial charge in [-0.25, -0.2) is 4.39 Å². The normalized spacial score (nSPS) is 10.6. The molecule has 0 aliphatic carbocycles. The first-order valence-corrected chi connectivity index (χ1v) is 8.15. The zero-order valence-corrected chi connectivity index (χ0v) is 13.7. The first-order chi connectivity index (χ1) is 12.1. The number of hydrogen-bond acceptors (Lipinski definition) is 2. The van der Waals surface area contributed by atoms with Gasteiger partial charge in [0, 0.05) is 24.9 Å². The van der Waals surface area contributed by atoms with Crippen molar-refractivity contribution in [2.45, 2.75) is 19.4 Å². The average molecular weight is 335 g/mol. The summed E-state index contributed by atoms with van der Waals surface area (Å²) in [7, 11) is 0. The Kier molecular flexibility index (Phi) is 5.19. The highest BCUT2D eigenvalue weighted by Gasteiger charge is 2.10. The van der Waals surface area contributed by atoms with Gasteiger partial charge in [-0.2, -0.15) is 0 Å². The van der Waals surface area contributed by atoms with Crippen molar-refractivity contribution in [2.75, 3.05) is 0 Å². The molecule has 0 atom stereocenters. The van der Waals surface area contributed by atoms with Gasteiger partial charge < -0.3 is 5.32 Å². The number of ketones is 1. The molecule has 1 amide bonds. The lowest BCUT2D eigenvalue weighted by molar-refractivity contribution is -0.121. The number of carbonyl (C=O) groups excluding carboxylic acids is 2. The molecule has 0 saturated carbocycles. The predicted octanol–water partition coefficient (Wildman–Crippen LogP) is 4.26. The molecule has 1 N–H and O–H groups in total. The molecule has 0 spiro atoms. The first kappa shape index (κ1) is 16.8. The fourth-order valence-electron chi connectivity index (χ4n) is 2.63. The van der Waals surface area contributed by atoms with Crippen molar-refractivity contribution in [3.8, 4) is 0 Å². The summed E-state index contributed by atoms with van der Waals surface area (Å²) in [6, 6.07) is 19.3. The third kappa shape index (κ3) is 4.51. The number of fused-ring (bicyclic) bond motifs is 1. The maximum Gasteiger partial charge on any atom is 0.220 e. The highest BCUT2D eigenvalue weighted by Crippen LogP contribution is 2.17. The molecule has 0 radical (unpaired) electrons. The third-order valence-corrected chi connectivity index (χ3v) is 4.05. The number of halogens is 1. The van der Waals surface area contributed by atoms with Gasteiger partial charge in [-0.3, -0.25) is 9.59 Å². The van der Waals surface area contributed by atoms with E-state index in [-0.39, 0.29) is 30.3 Å². The smallest absolute Gasteiger partial charge is 0.220 e. The number of Topliss-reactive ketones (excluding diaryl/α,β-unsaturated/α-hetero) is 1. The SMILES string of the molecule is O=C(CCC(=O)c1ccc2ccccc2c1)NCc1ccc(F)cc1. The summed E-state index contributed by atoms with van der Waals surface area (Å²) >= 11 is 0. The Morgan fingerprint density at radius 1 is 0.840 bits per heavy atom. The van der Waals surface area contributed by atoms with Crippen molar-refractivity contribution >= 4 is 22.5 Å². The molecule has 4 heteroatoms. The quantitative estimate of drug-likeness (QED) is 0.684. The van der Waals surface area contributed by atoms with Gasteiger partial charge in [0.2, 0.25) is 5.91 Å². The van der Waals surface area contributed by atoms with Gasteiger partial charge in [0.05, 0.1) is 0 Å². The molecule has 25 heavy (non-hydrogen) atoms. The number of carbonyl (C=O) groups is 2. The van der Waals surface area contributed by atoms with E-state index in [2.05, 4.69) is 5.32 Å². The Bertz CT molecular complexity index is 903. The summed E-state index contributed by atoms with van der Waals surface area (Å²) in [5.41, 5.74) is 1.43. The van der Waals surface area contributed by atoms with Gasteiger partial charge in [-0.1, -0.05) is 48.5 Å². The van der Waals surface area contributed by atoms with Crippen molar-refractivity contribution in [1.29, 1.82) is 0 Å². The Balaban J connectivity index is 1.52. The third-order valence-electron chi connectivity index (χ3n) is 4.05. The monoisotopic (exact) mass is 335 g/mol. The zero-order valence-electron chi connectivity index (χ0n) is 13.7. The summed E-state index contributed by atoms with van der Waals surface area (Å²) in [5.74, 6) is -0.558. The topological polar surface area (TPSA) is 46.2 Å². The van der Waals surface area contributed by atoms with Crippen LogP contribution in [0.3, 0.4) is 0 Å². The molecule has 0 saturated heterocycles. The Hall–Kier alpha value is -3.01. The van der Waals surface area contributed by atoms with Crippen LogP contribution in [0, 0.1) is 5.82 Å². The number of rotatable bonds is 6. The summed E-state index contributed by atoms with van der Waals surface area (Å²) < 4.78 is 12.8. The largest absolute Gasteiger partial charge is 0.352 e. The zero-order chi connectivity index (χ0) is 17.6. The Labute approximate surface area is 145 Å². The Morgan fingerprint density at radius 2 is 1.56 bits per heavy atom. The van der Waals surface area contributed by atoms with E-state index < -0.39 is 0 Å². The highest BCUT2D eigenvalue weighted by molar-refractivity contribution is 6.01. The van der Waals surface area contributed by atoms with Gasteiger partial charge in [0.25, 0.3) is 0 Å². The van der Waals surface area contributed by atoms with Crippen molar-refractivity contribution in [3.05, 3.63) is 83.7 Å². The molecule has 0 aliphatic rings.